The Bertz CT molecular complexity index is 655. The number of ether oxygens (including phenoxy) is 3. The lowest BCUT2D eigenvalue weighted by atomic mass is 10.2. The molecule has 0 spiro atoms. The van der Waals surface area contributed by atoms with Crippen LogP contribution in [0.4, 0.5) is 11.4 Å². The zero-order valence-corrected chi connectivity index (χ0v) is 17.1. The number of anilines is 2. The highest BCUT2D eigenvalue weighted by Gasteiger charge is 2.17. The molecule has 0 aromatic heterocycles. The summed E-state index contributed by atoms with van der Waals surface area (Å²) in [5.74, 6) is -0.338. The molecule has 160 valence electrons. The highest BCUT2D eigenvalue weighted by atomic mass is 16.5. The van der Waals surface area contributed by atoms with Crippen LogP contribution >= 0.6 is 0 Å². The number of nitrogens with one attached hydrogen (secondary N) is 1. The first-order valence-corrected chi connectivity index (χ1v) is 10.3. The number of amides is 2. The number of morpholine rings is 1. The zero-order chi connectivity index (χ0) is 20.5. The van der Waals surface area contributed by atoms with Crippen LogP contribution in [0.25, 0.3) is 0 Å². The van der Waals surface area contributed by atoms with E-state index in [4.69, 9.17) is 14.2 Å². The number of carbonyl (C=O) groups excluding carboxylic acids is 2. The molecule has 1 aromatic rings. The summed E-state index contributed by atoms with van der Waals surface area (Å²) in [5, 5.41) is 2.84. The van der Waals surface area contributed by atoms with Gasteiger partial charge >= 0.3 is 0 Å². The Balaban J connectivity index is 1.34. The van der Waals surface area contributed by atoms with Crippen LogP contribution in [-0.2, 0) is 23.8 Å². The second kappa shape index (κ2) is 11.1. The lowest BCUT2D eigenvalue weighted by Gasteiger charge is -2.28. The summed E-state index contributed by atoms with van der Waals surface area (Å²) in [6.07, 6.45) is 2.50. The van der Waals surface area contributed by atoms with Gasteiger partial charge in [0.1, 0.15) is 0 Å². The fourth-order valence-corrected chi connectivity index (χ4v) is 3.42. The Morgan fingerprint density at radius 3 is 2.66 bits per heavy atom. The third-order valence-corrected chi connectivity index (χ3v) is 5.12. The van der Waals surface area contributed by atoms with Crippen LogP contribution in [0.5, 0.6) is 0 Å². The largest absolute Gasteiger partial charge is 0.378 e. The summed E-state index contributed by atoms with van der Waals surface area (Å²) in [6, 6.07) is 7.73. The van der Waals surface area contributed by atoms with Gasteiger partial charge in [0, 0.05) is 38.1 Å². The molecule has 2 heterocycles. The minimum atomic E-state index is -0.222. The van der Waals surface area contributed by atoms with Crippen molar-refractivity contribution >= 4 is 23.2 Å². The van der Waals surface area contributed by atoms with E-state index in [9.17, 15) is 9.59 Å². The summed E-state index contributed by atoms with van der Waals surface area (Å²) < 4.78 is 16.4. The average Bonchev–Trinajstić information content (AvgIpc) is 3.25. The van der Waals surface area contributed by atoms with Gasteiger partial charge in [0.15, 0.2) is 0 Å². The topological polar surface area (TPSA) is 80.3 Å². The molecule has 2 amide bonds. The van der Waals surface area contributed by atoms with E-state index in [1.807, 2.05) is 24.3 Å². The number of likely N-dealkylation sites (N-methyl/N-ethyl adjacent to an activating group) is 1. The molecule has 29 heavy (non-hydrogen) atoms. The standard InChI is InChI=1S/C21H31N3O5/c1-23(21(26)8-12-28-16-19-3-2-11-29-19)15-20(25)22-17-4-6-18(7-5-17)24-9-13-27-14-10-24/h4-7,19H,2-3,8-16H2,1H3,(H,22,25). The first kappa shape index (κ1) is 21.5. The highest BCUT2D eigenvalue weighted by molar-refractivity contribution is 5.94. The van der Waals surface area contributed by atoms with Crippen LogP contribution in [0, 0.1) is 0 Å². The molecule has 0 saturated carbocycles. The summed E-state index contributed by atoms with van der Waals surface area (Å²) >= 11 is 0. The molecule has 1 aromatic carbocycles. The second-order valence-corrected chi connectivity index (χ2v) is 7.40. The number of nitrogens with zero attached hydrogens (tertiary/aromatic N) is 2. The van der Waals surface area contributed by atoms with Gasteiger partial charge in [-0.3, -0.25) is 9.59 Å². The molecule has 0 bridgehead atoms. The minimum Gasteiger partial charge on any atom is -0.378 e. The number of hydrogen-bond donors (Lipinski definition) is 1. The molecule has 0 radical (unpaired) electrons. The van der Waals surface area contributed by atoms with Crippen LogP contribution in [0.1, 0.15) is 19.3 Å². The van der Waals surface area contributed by atoms with E-state index in [-0.39, 0.29) is 30.9 Å². The molecule has 8 nitrogen and oxygen atoms in total. The monoisotopic (exact) mass is 405 g/mol. The van der Waals surface area contributed by atoms with E-state index in [0.29, 0.717) is 18.9 Å². The summed E-state index contributed by atoms with van der Waals surface area (Å²) in [7, 11) is 1.63. The fourth-order valence-electron chi connectivity index (χ4n) is 3.42. The molecule has 0 aliphatic carbocycles. The molecule has 1 N–H and O–H groups in total. The molecule has 1 atom stereocenters. The second-order valence-electron chi connectivity index (χ2n) is 7.40. The van der Waals surface area contributed by atoms with Gasteiger partial charge in [-0.25, -0.2) is 0 Å². The minimum absolute atomic E-state index is 0.00971. The Labute approximate surface area is 172 Å². The molecule has 2 aliphatic heterocycles. The van der Waals surface area contributed by atoms with Gasteiger partial charge in [-0.15, -0.1) is 0 Å². The van der Waals surface area contributed by atoms with Crippen LogP contribution in [0.3, 0.4) is 0 Å². The predicted molar refractivity (Wildman–Crippen MR) is 110 cm³/mol. The van der Waals surface area contributed by atoms with Crippen molar-refractivity contribution in [1.29, 1.82) is 0 Å². The van der Waals surface area contributed by atoms with E-state index < -0.39 is 0 Å². The smallest absolute Gasteiger partial charge is 0.243 e. The van der Waals surface area contributed by atoms with Gasteiger partial charge in [-0.05, 0) is 37.1 Å². The van der Waals surface area contributed by atoms with E-state index in [0.717, 1.165) is 51.4 Å². The van der Waals surface area contributed by atoms with Crippen LogP contribution in [0.15, 0.2) is 24.3 Å². The van der Waals surface area contributed by atoms with E-state index in [1.54, 1.807) is 7.05 Å². The van der Waals surface area contributed by atoms with Crippen LogP contribution in [0.2, 0.25) is 0 Å². The van der Waals surface area contributed by atoms with Crippen molar-refractivity contribution in [2.75, 3.05) is 69.9 Å². The number of rotatable bonds is 9. The van der Waals surface area contributed by atoms with Gasteiger partial charge < -0.3 is 29.3 Å². The Kier molecular flexibility index (Phi) is 8.27. The first-order chi connectivity index (χ1) is 14.1. The quantitative estimate of drug-likeness (QED) is 0.628. The predicted octanol–water partition coefficient (Wildman–Crippen LogP) is 1.51. The molecule has 1 unspecified atom stereocenters. The van der Waals surface area contributed by atoms with Crippen molar-refractivity contribution in [1.82, 2.24) is 4.90 Å². The van der Waals surface area contributed by atoms with Crippen molar-refractivity contribution in [3.8, 4) is 0 Å². The highest BCUT2D eigenvalue weighted by Crippen LogP contribution is 2.19. The SMILES string of the molecule is CN(CC(=O)Nc1ccc(N2CCOCC2)cc1)C(=O)CCOCC1CCCO1. The molecule has 3 rings (SSSR count). The number of carbonyl (C=O) groups is 2. The van der Waals surface area contributed by atoms with E-state index in [2.05, 4.69) is 10.2 Å². The molecule has 2 fully saturated rings. The van der Waals surface area contributed by atoms with Crippen molar-refractivity contribution in [2.24, 2.45) is 0 Å². The Hall–Kier alpha value is -2.16. The normalized spacial score (nSPS) is 19.2. The summed E-state index contributed by atoms with van der Waals surface area (Å²) in [6.45, 7) is 4.88. The van der Waals surface area contributed by atoms with Gasteiger partial charge in [-0.1, -0.05) is 0 Å². The molecular formula is C21H31N3O5. The maximum Gasteiger partial charge on any atom is 0.243 e. The van der Waals surface area contributed by atoms with Crippen LogP contribution < -0.4 is 10.2 Å². The van der Waals surface area contributed by atoms with Gasteiger partial charge in [0.25, 0.3) is 0 Å². The average molecular weight is 405 g/mol. The third-order valence-electron chi connectivity index (χ3n) is 5.12. The van der Waals surface area contributed by atoms with Crippen molar-refractivity contribution < 1.29 is 23.8 Å². The van der Waals surface area contributed by atoms with Crippen molar-refractivity contribution in [2.45, 2.75) is 25.4 Å². The Morgan fingerprint density at radius 2 is 1.97 bits per heavy atom. The van der Waals surface area contributed by atoms with Gasteiger partial charge in [0.2, 0.25) is 11.8 Å². The van der Waals surface area contributed by atoms with E-state index >= 15 is 0 Å². The summed E-state index contributed by atoms with van der Waals surface area (Å²) in [4.78, 5) is 28.1. The third kappa shape index (κ3) is 6.99. The van der Waals surface area contributed by atoms with Gasteiger partial charge in [-0.2, -0.15) is 0 Å². The first-order valence-electron chi connectivity index (χ1n) is 10.3. The van der Waals surface area contributed by atoms with Crippen molar-refractivity contribution in [3.05, 3.63) is 24.3 Å². The zero-order valence-electron chi connectivity index (χ0n) is 17.1. The maximum atomic E-state index is 12.2. The molecular weight excluding hydrogens is 374 g/mol. The molecule has 8 heteroatoms. The van der Waals surface area contributed by atoms with Gasteiger partial charge in [0.05, 0.1) is 45.5 Å². The van der Waals surface area contributed by atoms with Crippen LogP contribution in [-0.4, -0.2) is 82.5 Å². The lowest BCUT2D eigenvalue weighted by Crippen LogP contribution is -2.36. The lowest BCUT2D eigenvalue weighted by molar-refractivity contribution is -0.134. The molecule has 2 aliphatic rings. The maximum absolute atomic E-state index is 12.2. The van der Waals surface area contributed by atoms with Crippen molar-refractivity contribution in [3.63, 3.8) is 0 Å². The number of benzene rings is 1. The molecule has 2 saturated heterocycles. The fraction of sp³-hybridized carbons (Fsp3) is 0.619. The van der Waals surface area contributed by atoms with E-state index in [1.165, 1.54) is 4.90 Å². The Morgan fingerprint density at radius 1 is 1.21 bits per heavy atom. The number of hydrogen-bond acceptors (Lipinski definition) is 6. The summed E-state index contributed by atoms with van der Waals surface area (Å²) in [5.41, 5.74) is 1.83.